The van der Waals surface area contributed by atoms with Crippen molar-refractivity contribution in [2.45, 2.75) is 25.2 Å². The number of carbonyl (C=O) groups is 2. The molecular formula is C19H22N2O5S. The number of nitrogens with one attached hydrogen (secondary N) is 2. The SMILES string of the molecule is CCCNC(=O)c1cc(S(=O)(=O)Nc2ccc(C(=O)OC)cc2)ccc1C. The first-order valence-corrected chi connectivity index (χ1v) is 9.87. The Labute approximate surface area is 158 Å². The molecule has 27 heavy (non-hydrogen) atoms. The Morgan fingerprint density at radius 2 is 1.74 bits per heavy atom. The minimum absolute atomic E-state index is 0.0215. The largest absolute Gasteiger partial charge is 0.465 e. The number of carbonyl (C=O) groups excluding carboxylic acids is 2. The van der Waals surface area contributed by atoms with Gasteiger partial charge in [-0.25, -0.2) is 13.2 Å². The van der Waals surface area contributed by atoms with Gasteiger partial charge >= 0.3 is 5.97 Å². The molecule has 2 N–H and O–H groups in total. The molecule has 2 aromatic rings. The van der Waals surface area contributed by atoms with Crippen LogP contribution in [0.5, 0.6) is 0 Å². The van der Waals surface area contributed by atoms with Crippen molar-refractivity contribution >= 4 is 27.6 Å². The van der Waals surface area contributed by atoms with Crippen LogP contribution < -0.4 is 10.0 Å². The van der Waals surface area contributed by atoms with Crippen LogP contribution in [0.3, 0.4) is 0 Å². The first kappa shape index (κ1) is 20.4. The average Bonchev–Trinajstić information content (AvgIpc) is 2.66. The van der Waals surface area contributed by atoms with Crippen LogP contribution in [0.1, 0.15) is 39.6 Å². The molecule has 0 aliphatic heterocycles. The molecule has 2 rings (SSSR count). The maximum atomic E-state index is 12.6. The molecule has 0 fully saturated rings. The summed E-state index contributed by atoms with van der Waals surface area (Å²) in [5.74, 6) is -0.820. The van der Waals surface area contributed by atoms with Crippen LogP contribution in [0.25, 0.3) is 0 Å². The van der Waals surface area contributed by atoms with E-state index >= 15 is 0 Å². The van der Waals surface area contributed by atoms with E-state index in [9.17, 15) is 18.0 Å². The predicted octanol–water partition coefficient (Wildman–Crippen LogP) is 2.72. The van der Waals surface area contributed by atoms with Crippen molar-refractivity contribution in [3.63, 3.8) is 0 Å². The highest BCUT2D eigenvalue weighted by atomic mass is 32.2. The van der Waals surface area contributed by atoms with Gasteiger partial charge < -0.3 is 10.1 Å². The zero-order valence-corrected chi connectivity index (χ0v) is 16.2. The molecule has 0 aromatic heterocycles. The number of rotatable bonds is 7. The predicted molar refractivity (Wildman–Crippen MR) is 102 cm³/mol. The Bertz CT molecular complexity index is 937. The van der Waals surface area contributed by atoms with Gasteiger partial charge in [0.05, 0.1) is 17.6 Å². The summed E-state index contributed by atoms with van der Waals surface area (Å²) in [6, 6.07) is 10.2. The van der Waals surface area contributed by atoms with Crippen molar-refractivity contribution in [3.05, 3.63) is 59.2 Å². The van der Waals surface area contributed by atoms with E-state index in [0.29, 0.717) is 28.9 Å². The molecule has 144 valence electrons. The van der Waals surface area contributed by atoms with E-state index in [4.69, 9.17) is 0 Å². The van der Waals surface area contributed by atoms with Gasteiger partial charge in [0, 0.05) is 17.8 Å². The van der Waals surface area contributed by atoms with Gasteiger partial charge in [-0.3, -0.25) is 9.52 Å². The second-order valence-electron chi connectivity index (χ2n) is 5.91. The Hall–Kier alpha value is -2.87. The van der Waals surface area contributed by atoms with Gasteiger partial charge in [0.25, 0.3) is 15.9 Å². The van der Waals surface area contributed by atoms with Crippen molar-refractivity contribution in [1.82, 2.24) is 5.32 Å². The third-order valence-electron chi connectivity index (χ3n) is 3.86. The minimum Gasteiger partial charge on any atom is -0.465 e. The number of hydrogen-bond donors (Lipinski definition) is 2. The van der Waals surface area contributed by atoms with E-state index in [2.05, 4.69) is 14.8 Å². The van der Waals surface area contributed by atoms with Crippen molar-refractivity contribution in [3.8, 4) is 0 Å². The molecule has 8 heteroatoms. The molecule has 0 atom stereocenters. The fourth-order valence-corrected chi connectivity index (χ4v) is 3.44. The number of esters is 1. The van der Waals surface area contributed by atoms with Crippen molar-refractivity contribution < 1.29 is 22.7 Å². The summed E-state index contributed by atoms with van der Waals surface area (Å²) in [5, 5.41) is 2.74. The Balaban J connectivity index is 2.26. The number of anilines is 1. The number of aryl methyl sites for hydroxylation is 1. The molecule has 0 saturated heterocycles. The maximum absolute atomic E-state index is 12.6. The van der Waals surface area contributed by atoms with Crippen LogP contribution >= 0.6 is 0 Å². The number of hydrogen-bond acceptors (Lipinski definition) is 5. The van der Waals surface area contributed by atoms with Crippen LogP contribution in [-0.4, -0.2) is 33.9 Å². The highest BCUT2D eigenvalue weighted by Gasteiger charge is 2.18. The van der Waals surface area contributed by atoms with E-state index in [1.165, 1.54) is 43.5 Å². The Kier molecular flexibility index (Phi) is 6.57. The molecule has 7 nitrogen and oxygen atoms in total. The van der Waals surface area contributed by atoms with Crippen molar-refractivity contribution in [2.75, 3.05) is 18.4 Å². The van der Waals surface area contributed by atoms with E-state index in [0.717, 1.165) is 6.42 Å². The lowest BCUT2D eigenvalue weighted by atomic mass is 10.1. The maximum Gasteiger partial charge on any atom is 0.337 e. The summed E-state index contributed by atoms with van der Waals surface area (Å²) in [5.41, 5.74) is 1.60. The Morgan fingerprint density at radius 1 is 1.07 bits per heavy atom. The second kappa shape index (κ2) is 8.68. The molecule has 0 aliphatic carbocycles. The monoisotopic (exact) mass is 390 g/mol. The number of benzene rings is 2. The van der Waals surface area contributed by atoms with E-state index in [1.807, 2.05) is 6.92 Å². The quantitative estimate of drug-likeness (QED) is 0.708. The second-order valence-corrected chi connectivity index (χ2v) is 7.59. The van der Waals surface area contributed by atoms with Crippen LogP contribution in [0.2, 0.25) is 0 Å². The van der Waals surface area contributed by atoms with Crippen LogP contribution in [0.15, 0.2) is 47.4 Å². The first-order chi connectivity index (χ1) is 12.8. The van der Waals surface area contributed by atoms with E-state index < -0.39 is 16.0 Å². The highest BCUT2D eigenvalue weighted by molar-refractivity contribution is 7.92. The average molecular weight is 390 g/mol. The number of amides is 1. The number of ether oxygens (including phenoxy) is 1. The third kappa shape index (κ3) is 5.07. The fraction of sp³-hybridized carbons (Fsp3) is 0.263. The van der Waals surface area contributed by atoms with Gasteiger partial charge in [0.1, 0.15) is 0 Å². The van der Waals surface area contributed by atoms with Gasteiger partial charge in [-0.2, -0.15) is 0 Å². The van der Waals surface area contributed by atoms with E-state index in [-0.39, 0.29) is 10.8 Å². The lowest BCUT2D eigenvalue weighted by molar-refractivity contribution is 0.0600. The number of methoxy groups -OCH3 is 1. The molecule has 0 spiro atoms. The van der Waals surface area contributed by atoms with E-state index in [1.54, 1.807) is 13.0 Å². The molecule has 0 aliphatic rings. The van der Waals surface area contributed by atoms with Crippen LogP contribution in [0, 0.1) is 6.92 Å². The summed E-state index contributed by atoms with van der Waals surface area (Å²) >= 11 is 0. The van der Waals surface area contributed by atoms with Crippen LogP contribution in [-0.2, 0) is 14.8 Å². The molecule has 1 amide bonds. The number of sulfonamides is 1. The lowest BCUT2D eigenvalue weighted by Crippen LogP contribution is -2.25. The van der Waals surface area contributed by atoms with Crippen molar-refractivity contribution in [1.29, 1.82) is 0 Å². The van der Waals surface area contributed by atoms with Gasteiger partial charge in [0.15, 0.2) is 0 Å². The topological polar surface area (TPSA) is 102 Å². The van der Waals surface area contributed by atoms with Crippen LogP contribution in [0.4, 0.5) is 5.69 Å². The summed E-state index contributed by atoms with van der Waals surface area (Å²) < 4.78 is 32.3. The molecule has 2 aromatic carbocycles. The normalized spacial score (nSPS) is 10.9. The molecule has 0 saturated carbocycles. The fourth-order valence-electron chi connectivity index (χ4n) is 2.35. The summed E-state index contributed by atoms with van der Waals surface area (Å²) in [7, 11) is -2.62. The smallest absolute Gasteiger partial charge is 0.337 e. The van der Waals surface area contributed by atoms with Crippen molar-refractivity contribution in [2.24, 2.45) is 0 Å². The van der Waals surface area contributed by atoms with Gasteiger partial charge in [-0.05, 0) is 55.3 Å². The molecule has 0 unspecified atom stereocenters. The molecular weight excluding hydrogens is 368 g/mol. The Morgan fingerprint density at radius 3 is 2.33 bits per heavy atom. The molecule has 0 bridgehead atoms. The first-order valence-electron chi connectivity index (χ1n) is 8.38. The standard InChI is InChI=1S/C19H22N2O5S/c1-4-11-20-18(22)17-12-16(10-5-13(17)2)27(24,25)21-15-8-6-14(7-9-15)19(23)26-3/h5-10,12,21H,4,11H2,1-3H3,(H,20,22). The zero-order valence-electron chi connectivity index (χ0n) is 15.4. The lowest BCUT2D eigenvalue weighted by Gasteiger charge is -2.12. The molecule has 0 radical (unpaired) electrons. The summed E-state index contributed by atoms with van der Waals surface area (Å²) in [6.07, 6.45) is 0.784. The highest BCUT2D eigenvalue weighted by Crippen LogP contribution is 2.20. The zero-order chi connectivity index (χ0) is 20.0. The molecule has 0 heterocycles. The van der Waals surface area contributed by atoms with Gasteiger partial charge in [-0.15, -0.1) is 0 Å². The minimum atomic E-state index is -3.89. The van der Waals surface area contributed by atoms with Gasteiger partial charge in [-0.1, -0.05) is 13.0 Å². The summed E-state index contributed by atoms with van der Waals surface area (Å²) in [6.45, 7) is 4.19. The van der Waals surface area contributed by atoms with Gasteiger partial charge in [0.2, 0.25) is 0 Å². The summed E-state index contributed by atoms with van der Waals surface area (Å²) in [4.78, 5) is 23.6. The third-order valence-corrected chi connectivity index (χ3v) is 5.24.